The van der Waals surface area contributed by atoms with E-state index in [1.165, 1.54) is 53.2 Å². The summed E-state index contributed by atoms with van der Waals surface area (Å²) in [5.74, 6) is -1.74. The highest BCUT2D eigenvalue weighted by molar-refractivity contribution is 7.92. The van der Waals surface area contributed by atoms with Crippen LogP contribution < -0.4 is 10.0 Å². The lowest BCUT2D eigenvalue weighted by Gasteiger charge is -2.11. The molecule has 0 bridgehead atoms. The highest BCUT2D eigenvalue weighted by Gasteiger charge is 2.19. The molecule has 0 spiro atoms. The van der Waals surface area contributed by atoms with Crippen LogP contribution in [0.3, 0.4) is 0 Å². The molecule has 0 saturated heterocycles. The number of benzene rings is 3. The number of tetrazole rings is 1. The monoisotopic (exact) mass is 470 g/mol. The maximum absolute atomic E-state index is 14.3. The van der Waals surface area contributed by atoms with Gasteiger partial charge in [0, 0.05) is 5.56 Å². The van der Waals surface area contributed by atoms with Gasteiger partial charge in [0.05, 0.1) is 22.0 Å². The Kier molecular flexibility index (Phi) is 5.84. The molecule has 1 aromatic heterocycles. The molecule has 0 atom stereocenters. The van der Waals surface area contributed by atoms with Crippen LogP contribution in [0.1, 0.15) is 16.2 Å². The van der Waals surface area contributed by atoms with Gasteiger partial charge in [0.2, 0.25) is 0 Å². The van der Waals surface area contributed by atoms with Gasteiger partial charge in [0.15, 0.2) is 5.82 Å². The molecule has 0 aliphatic rings. The maximum atomic E-state index is 14.3. The van der Waals surface area contributed by atoms with E-state index in [0.717, 1.165) is 18.2 Å². The number of hydrogen-bond acceptors (Lipinski definition) is 6. The minimum Gasteiger partial charge on any atom is -0.319 e. The summed E-state index contributed by atoms with van der Waals surface area (Å²) >= 11 is 0. The van der Waals surface area contributed by atoms with Gasteiger partial charge in [0.25, 0.3) is 15.9 Å². The standard InChI is InChI=1S/C21H16F2N6O3S/c1-13-25-27-28-29(13)15-9-10-18(23)20(12-15)24-21(30)14-5-4-6-16(11-14)33(31,32)26-19-8-3-2-7-17(19)22/h2-12,26H,1H3,(H,24,30). The van der Waals surface area contributed by atoms with Crippen molar-refractivity contribution >= 4 is 27.3 Å². The van der Waals surface area contributed by atoms with Gasteiger partial charge >= 0.3 is 0 Å². The van der Waals surface area contributed by atoms with E-state index in [4.69, 9.17) is 0 Å². The number of amides is 1. The third kappa shape index (κ3) is 4.70. The van der Waals surface area contributed by atoms with E-state index in [1.807, 2.05) is 0 Å². The van der Waals surface area contributed by atoms with Crippen molar-refractivity contribution in [3.8, 4) is 5.69 Å². The quantitative estimate of drug-likeness (QED) is 0.446. The van der Waals surface area contributed by atoms with Crippen molar-refractivity contribution in [1.29, 1.82) is 0 Å². The number of hydrogen-bond donors (Lipinski definition) is 2. The molecule has 0 aliphatic heterocycles. The SMILES string of the molecule is Cc1nnnn1-c1ccc(F)c(NC(=O)c2cccc(S(=O)(=O)Nc3ccccc3F)c2)c1. The molecule has 1 heterocycles. The van der Waals surface area contributed by atoms with Crippen LogP contribution in [0.2, 0.25) is 0 Å². The van der Waals surface area contributed by atoms with Crippen LogP contribution in [0.4, 0.5) is 20.2 Å². The lowest BCUT2D eigenvalue weighted by atomic mass is 10.2. The molecule has 1 amide bonds. The maximum Gasteiger partial charge on any atom is 0.262 e. The van der Waals surface area contributed by atoms with Gasteiger partial charge in [-0.25, -0.2) is 17.2 Å². The first-order valence-corrected chi connectivity index (χ1v) is 11.0. The smallest absolute Gasteiger partial charge is 0.262 e. The number of para-hydroxylation sites is 1. The van der Waals surface area contributed by atoms with Crippen LogP contribution in [0.15, 0.2) is 71.6 Å². The molecule has 4 rings (SSSR count). The van der Waals surface area contributed by atoms with Gasteiger partial charge in [-0.2, -0.15) is 4.68 Å². The number of aromatic nitrogens is 4. The minimum atomic E-state index is -4.18. The Bertz CT molecular complexity index is 1460. The van der Waals surface area contributed by atoms with Crippen molar-refractivity contribution in [1.82, 2.24) is 20.2 Å². The first kappa shape index (κ1) is 22.0. The minimum absolute atomic E-state index is 0.0465. The number of nitrogens with one attached hydrogen (secondary N) is 2. The summed E-state index contributed by atoms with van der Waals surface area (Å²) in [7, 11) is -4.18. The fraction of sp³-hybridized carbons (Fsp3) is 0.0476. The number of nitrogens with zero attached hydrogens (tertiary/aromatic N) is 4. The van der Waals surface area contributed by atoms with Crippen LogP contribution in [0.5, 0.6) is 0 Å². The fourth-order valence-electron chi connectivity index (χ4n) is 2.96. The highest BCUT2D eigenvalue weighted by atomic mass is 32.2. The summed E-state index contributed by atoms with van der Waals surface area (Å²) in [4.78, 5) is 12.5. The van der Waals surface area contributed by atoms with Crippen molar-refractivity contribution < 1.29 is 22.0 Å². The topological polar surface area (TPSA) is 119 Å². The van der Waals surface area contributed by atoms with Crippen LogP contribution >= 0.6 is 0 Å². The number of carbonyl (C=O) groups excluding carboxylic acids is 1. The Morgan fingerprint density at radius 3 is 2.42 bits per heavy atom. The van der Waals surface area contributed by atoms with E-state index < -0.39 is 27.6 Å². The highest BCUT2D eigenvalue weighted by Crippen LogP contribution is 2.22. The molecular formula is C21H16F2N6O3S. The number of rotatable bonds is 6. The average molecular weight is 470 g/mol. The van der Waals surface area contributed by atoms with Crippen molar-refractivity contribution in [2.24, 2.45) is 0 Å². The molecule has 0 unspecified atom stereocenters. The number of halogens is 2. The summed E-state index contributed by atoms with van der Waals surface area (Å²) in [6.45, 7) is 1.66. The van der Waals surface area contributed by atoms with Gasteiger partial charge < -0.3 is 5.32 Å². The summed E-state index contributed by atoms with van der Waals surface area (Å²) in [6, 6.07) is 14.3. The molecular weight excluding hydrogens is 454 g/mol. The molecule has 0 aliphatic carbocycles. The second kappa shape index (κ2) is 8.74. The van der Waals surface area contributed by atoms with E-state index in [2.05, 4.69) is 25.6 Å². The Balaban J connectivity index is 1.59. The lowest BCUT2D eigenvalue weighted by molar-refractivity contribution is 0.102. The van der Waals surface area contributed by atoms with Gasteiger partial charge in [-0.3, -0.25) is 9.52 Å². The molecule has 0 saturated carbocycles. The number of anilines is 2. The zero-order valence-corrected chi connectivity index (χ0v) is 17.8. The van der Waals surface area contributed by atoms with Crippen molar-refractivity contribution in [3.05, 3.63) is 89.8 Å². The number of sulfonamides is 1. The molecule has 2 N–H and O–H groups in total. The van der Waals surface area contributed by atoms with Crippen LogP contribution in [0.25, 0.3) is 5.69 Å². The predicted octanol–water partition coefficient (Wildman–Crippen LogP) is 3.30. The summed E-state index contributed by atoms with van der Waals surface area (Å²) in [5.41, 5.74) is -0.0105. The molecule has 33 heavy (non-hydrogen) atoms. The van der Waals surface area contributed by atoms with Gasteiger partial charge in [-0.15, -0.1) is 5.10 Å². The summed E-state index contributed by atoms with van der Waals surface area (Å²) < 4.78 is 57.0. The predicted molar refractivity (Wildman–Crippen MR) is 115 cm³/mol. The summed E-state index contributed by atoms with van der Waals surface area (Å²) in [5, 5.41) is 13.5. The van der Waals surface area contributed by atoms with Crippen molar-refractivity contribution in [2.45, 2.75) is 11.8 Å². The Morgan fingerprint density at radius 1 is 0.939 bits per heavy atom. The molecule has 0 fully saturated rings. The molecule has 3 aromatic carbocycles. The number of aryl methyl sites for hydroxylation is 1. The molecule has 0 radical (unpaired) electrons. The van der Waals surface area contributed by atoms with Crippen LogP contribution in [-0.4, -0.2) is 34.5 Å². The zero-order chi connectivity index (χ0) is 23.6. The second-order valence-corrected chi connectivity index (χ2v) is 8.55. The normalized spacial score (nSPS) is 11.2. The molecule has 9 nitrogen and oxygen atoms in total. The van der Waals surface area contributed by atoms with Crippen molar-refractivity contribution in [2.75, 3.05) is 10.0 Å². The molecule has 4 aromatic rings. The first-order chi connectivity index (χ1) is 15.7. The molecule has 12 heteroatoms. The van der Waals surface area contributed by atoms with Crippen molar-refractivity contribution in [3.63, 3.8) is 0 Å². The van der Waals surface area contributed by atoms with Crippen LogP contribution in [-0.2, 0) is 10.0 Å². The third-order valence-electron chi connectivity index (χ3n) is 4.59. The van der Waals surface area contributed by atoms with Gasteiger partial charge in [0.1, 0.15) is 11.6 Å². The third-order valence-corrected chi connectivity index (χ3v) is 5.96. The van der Waals surface area contributed by atoms with Crippen LogP contribution in [0, 0.1) is 18.6 Å². The van der Waals surface area contributed by atoms with E-state index in [-0.39, 0.29) is 21.8 Å². The number of carbonyl (C=O) groups is 1. The van der Waals surface area contributed by atoms with Gasteiger partial charge in [-0.05, 0) is 65.9 Å². The Hall–Kier alpha value is -4.19. The average Bonchev–Trinajstić information content (AvgIpc) is 3.22. The van der Waals surface area contributed by atoms with E-state index in [9.17, 15) is 22.0 Å². The van der Waals surface area contributed by atoms with E-state index in [0.29, 0.717) is 11.5 Å². The fourth-order valence-corrected chi connectivity index (χ4v) is 4.07. The molecule has 168 valence electrons. The lowest BCUT2D eigenvalue weighted by Crippen LogP contribution is -2.17. The van der Waals surface area contributed by atoms with E-state index in [1.54, 1.807) is 6.92 Å². The summed E-state index contributed by atoms with van der Waals surface area (Å²) in [6.07, 6.45) is 0. The Morgan fingerprint density at radius 2 is 1.70 bits per heavy atom. The van der Waals surface area contributed by atoms with E-state index >= 15 is 0 Å². The first-order valence-electron chi connectivity index (χ1n) is 9.48. The largest absolute Gasteiger partial charge is 0.319 e. The Labute approximate surface area is 187 Å². The zero-order valence-electron chi connectivity index (χ0n) is 17.0. The van der Waals surface area contributed by atoms with Gasteiger partial charge in [-0.1, -0.05) is 18.2 Å². The second-order valence-electron chi connectivity index (χ2n) is 6.87.